The molecule has 8 nitrogen and oxygen atoms in total. The number of anilines is 1. The molecule has 2 aliphatic rings. The van der Waals surface area contributed by atoms with Crippen molar-refractivity contribution in [2.24, 2.45) is 4.99 Å². The highest BCUT2D eigenvalue weighted by Crippen LogP contribution is 2.35. The fraction of sp³-hybridized carbons (Fsp3) is 0.259. The minimum absolute atomic E-state index is 0.188. The summed E-state index contributed by atoms with van der Waals surface area (Å²) in [4.78, 5) is 47.2. The zero-order valence-electron chi connectivity index (χ0n) is 20.4. The van der Waals surface area contributed by atoms with Crippen molar-refractivity contribution in [3.05, 3.63) is 90.6 Å². The van der Waals surface area contributed by atoms with Crippen LogP contribution >= 0.6 is 11.3 Å². The summed E-state index contributed by atoms with van der Waals surface area (Å²) in [7, 11) is 1.56. The van der Waals surface area contributed by atoms with Crippen molar-refractivity contribution in [2.45, 2.75) is 26.8 Å². The Hall–Kier alpha value is -3.98. The van der Waals surface area contributed by atoms with E-state index in [9.17, 15) is 14.4 Å². The lowest BCUT2D eigenvalue weighted by molar-refractivity contribution is -0.139. The van der Waals surface area contributed by atoms with Crippen LogP contribution in [0, 0.1) is 0 Å². The number of benzene rings is 2. The maximum atomic E-state index is 14.0. The Labute approximate surface area is 211 Å². The van der Waals surface area contributed by atoms with Crippen molar-refractivity contribution in [1.29, 1.82) is 0 Å². The number of fused-ring (bicyclic) bond motifs is 2. The fourth-order valence-electron chi connectivity index (χ4n) is 4.78. The average Bonchev–Trinajstić information content (AvgIpc) is 3.35. The molecule has 184 valence electrons. The van der Waals surface area contributed by atoms with Crippen LogP contribution in [0.1, 0.15) is 37.9 Å². The zero-order valence-corrected chi connectivity index (χ0v) is 21.2. The summed E-state index contributed by atoms with van der Waals surface area (Å²) in [6.45, 7) is 6.03. The number of likely N-dealkylation sites (N-methyl/N-ethyl adjacent to an activating group) is 1. The third-order valence-corrected chi connectivity index (χ3v) is 7.42. The third-order valence-electron chi connectivity index (χ3n) is 6.37. The first-order chi connectivity index (χ1) is 17.4. The quantitative estimate of drug-likeness (QED) is 0.499. The monoisotopic (exact) mass is 503 g/mol. The third kappa shape index (κ3) is 3.58. The second-order valence-corrected chi connectivity index (χ2v) is 9.32. The molecule has 2 aliphatic heterocycles. The molecule has 0 aliphatic carbocycles. The smallest absolute Gasteiger partial charge is 0.338 e. The van der Waals surface area contributed by atoms with E-state index in [1.165, 1.54) is 4.57 Å². The number of nitrogens with zero attached hydrogens (tertiary/aromatic N) is 3. The maximum absolute atomic E-state index is 14.0. The fourth-order valence-corrected chi connectivity index (χ4v) is 5.92. The van der Waals surface area contributed by atoms with Crippen LogP contribution in [0.15, 0.2) is 69.6 Å². The number of methoxy groups -OCH3 is 1. The minimum Gasteiger partial charge on any atom is -0.497 e. The number of hydrogen-bond acceptors (Lipinski definition) is 7. The van der Waals surface area contributed by atoms with E-state index in [-0.39, 0.29) is 23.6 Å². The van der Waals surface area contributed by atoms with Gasteiger partial charge in [0.2, 0.25) is 0 Å². The van der Waals surface area contributed by atoms with Gasteiger partial charge < -0.3 is 14.4 Å². The van der Waals surface area contributed by atoms with Gasteiger partial charge in [-0.3, -0.25) is 14.2 Å². The molecule has 5 rings (SSSR count). The number of ether oxygens (including phenoxy) is 2. The van der Waals surface area contributed by atoms with E-state index < -0.39 is 12.0 Å². The van der Waals surface area contributed by atoms with Crippen LogP contribution < -0.4 is 24.5 Å². The second kappa shape index (κ2) is 9.23. The number of amides is 1. The molecule has 0 saturated heterocycles. The SMILES string of the molecule is CCOC(=O)C1=C(C)N=c2s/c(=C3/C(=O)N(CC)c4ccccc43)c(=O)n2[C@H]1c1cccc(OC)c1. The predicted octanol–water partition coefficient (Wildman–Crippen LogP) is 2.54. The van der Waals surface area contributed by atoms with Crippen LogP contribution in [0.2, 0.25) is 0 Å². The molecule has 0 spiro atoms. The van der Waals surface area contributed by atoms with Crippen molar-refractivity contribution >= 4 is 34.5 Å². The largest absolute Gasteiger partial charge is 0.497 e. The molecule has 2 aromatic carbocycles. The Balaban J connectivity index is 1.83. The molecule has 1 atom stereocenters. The number of para-hydroxylation sites is 1. The first-order valence-electron chi connectivity index (χ1n) is 11.7. The normalized spacial score (nSPS) is 18.1. The van der Waals surface area contributed by atoms with Crippen LogP contribution in [0.3, 0.4) is 0 Å². The Bertz CT molecular complexity index is 1610. The number of carbonyl (C=O) groups is 2. The van der Waals surface area contributed by atoms with Crippen molar-refractivity contribution in [3.63, 3.8) is 0 Å². The van der Waals surface area contributed by atoms with Crippen LogP contribution in [-0.2, 0) is 14.3 Å². The first kappa shape index (κ1) is 23.7. The highest BCUT2D eigenvalue weighted by atomic mass is 32.1. The Morgan fingerprint density at radius 3 is 2.61 bits per heavy atom. The van der Waals surface area contributed by atoms with E-state index in [2.05, 4.69) is 4.99 Å². The van der Waals surface area contributed by atoms with Gasteiger partial charge in [0.1, 0.15) is 10.3 Å². The summed E-state index contributed by atoms with van der Waals surface area (Å²) in [6, 6.07) is 13.9. The van der Waals surface area contributed by atoms with E-state index in [1.807, 2.05) is 37.3 Å². The van der Waals surface area contributed by atoms with E-state index in [0.29, 0.717) is 44.0 Å². The van der Waals surface area contributed by atoms with Crippen LogP contribution in [0.4, 0.5) is 5.69 Å². The highest BCUT2D eigenvalue weighted by molar-refractivity contribution is 7.07. The molecule has 0 bridgehead atoms. The molecule has 0 radical (unpaired) electrons. The molecule has 0 saturated carbocycles. The number of rotatable bonds is 5. The summed E-state index contributed by atoms with van der Waals surface area (Å²) in [6.07, 6.45) is 0. The van der Waals surface area contributed by atoms with Gasteiger partial charge >= 0.3 is 5.97 Å². The van der Waals surface area contributed by atoms with Crippen LogP contribution in [0.5, 0.6) is 5.75 Å². The molecule has 3 aromatic rings. The van der Waals surface area contributed by atoms with Crippen molar-refractivity contribution < 1.29 is 19.1 Å². The van der Waals surface area contributed by atoms with E-state index in [4.69, 9.17) is 9.47 Å². The van der Waals surface area contributed by atoms with Gasteiger partial charge in [-0.1, -0.05) is 41.7 Å². The minimum atomic E-state index is -0.779. The summed E-state index contributed by atoms with van der Waals surface area (Å²) in [5, 5.41) is 0. The molecule has 1 aromatic heterocycles. The zero-order chi connectivity index (χ0) is 25.6. The molecule has 0 unspecified atom stereocenters. The molecular formula is C27H25N3O5S. The molecule has 3 heterocycles. The number of allylic oxidation sites excluding steroid dienone is 1. The molecule has 36 heavy (non-hydrogen) atoms. The number of thiazole rings is 1. The van der Waals surface area contributed by atoms with Gasteiger partial charge in [0.15, 0.2) is 4.80 Å². The number of hydrogen-bond donors (Lipinski definition) is 0. The van der Waals surface area contributed by atoms with Gasteiger partial charge in [0, 0.05) is 12.1 Å². The molecule has 1 amide bonds. The standard InChI is InChI=1S/C27H25N3O5S/c1-5-29-19-13-8-7-12-18(19)21(24(29)31)23-25(32)30-22(16-10-9-11-17(14-16)34-4)20(26(33)35-6-2)15(3)28-27(30)36-23/h7-14,22H,5-6H2,1-4H3/b23-21+/t22-/m0/s1. The lowest BCUT2D eigenvalue weighted by atomic mass is 9.95. The summed E-state index contributed by atoms with van der Waals surface area (Å²) < 4.78 is 12.5. The van der Waals surface area contributed by atoms with Gasteiger partial charge in [-0.05, 0) is 44.5 Å². The average molecular weight is 504 g/mol. The Kier molecular flexibility index (Phi) is 6.09. The maximum Gasteiger partial charge on any atom is 0.338 e. The Morgan fingerprint density at radius 2 is 1.89 bits per heavy atom. The highest BCUT2D eigenvalue weighted by Gasteiger charge is 2.37. The number of carbonyl (C=O) groups excluding carboxylic acids is 2. The summed E-state index contributed by atoms with van der Waals surface area (Å²) in [5.74, 6) is -0.166. The van der Waals surface area contributed by atoms with E-state index >= 15 is 0 Å². The van der Waals surface area contributed by atoms with Gasteiger partial charge in [0.05, 0.1) is 42.3 Å². The first-order valence-corrected chi connectivity index (χ1v) is 12.5. The topological polar surface area (TPSA) is 90.2 Å². The van der Waals surface area contributed by atoms with E-state index in [1.54, 1.807) is 44.1 Å². The van der Waals surface area contributed by atoms with Crippen molar-refractivity contribution in [1.82, 2.24) is 4.57 Å². The van der Waals surface area contributed by atoms with Gasteiger partial charge in [0.25, 0.3) is 11.5 Å². The molecular weight excluding hydrogens is 478 g/mol. The Morgan fingerprint density at radius 1 is 1.11 bits per heavy atom. The number of aromatic nitrogens is 1. The van der Waals surface area contributed by atoms with Crippen LogP contribution in [0.25, 0.3) is 5.57 Å². The lowest BCUT2D eigenvalue weighted by Gasteiger charge is -2.25. The lowest BCUT2D eigenvalue weighted by Crippen LogP contribution is -2.41. The predicted molar refractivity (Wildman–Crippen MR) is 137 cm³/mol. The van der Waals surface area contributed by atoms with Gasteiger partial charge in [-0.25, -0.2) is 9.79 Å². The van der Waals surface area contributed by atoms with Crippen LogP contribution in [-0.4, -0.2) is 36.7 Å². The molecule has 0 N–H and O–H groups in total. The summed E-state index contributed by atoms with van der Waals surface area (Å²) >= 11 is 1.16. The van der Waals surface area contributed by atoms with Gasteiger partial charge in [-0.2, -0.15) is 0 Å². The second-order valence-electron chi connectivity index (χ2n) is 8.34. The molecule has 9 heteroatoms. The van der Waals surface area contributed by atoms with Crippen molar-refractivity contribution in [3.8, 4) is 5.75 Å². The van der Waals surface area contributed by atoms with E-state index in [0.717, 1.165) is 17.0 Å². The molecule has 0 fully saturated rings. The summed E-state index contributed by atoms with van der Waals surface area (Å²) in [5.41, 5.74) is 2.90. The van der Waals surface area contributed by atoms with Crippen molar-refractivity contribution in [2.75, 3.05) is 25.2 Å². The number of esters is 1. The van der Waals surface area contributed by atoms with Gasteiger partial charge in [-0.15, -0.1) is 0 Å².